The summed E-state index contributed by atoms with van der Waals surface area (Å²) in [6, 6.07) is 19.8. The van der Waals surface area contributed by atoms with Gasteiger partial charge in [0.05, 0.1) is 4.90 Å². The molecular weight excluding hydrogens is 488 g/mol. The van der Waals surface area contributed by atoms with E-state index in [1.54, 1.807) is 18.2 Å². The van der Waals surface area contributed by atoms with Gasteiger partial charge in [0.15, 0.2) is 9.84 Å². The van der Waals surface area contributed by atoms with Crippen molar-refractivity contribution in [2.24, 2.45) is 0 Å². The molecule has 3 aromatic carbocycles. The molecule has 8 heteroatoms. The average Bonchev–Trinajstić information content (AvgIpc) is 2.86. The first-order valence-corrected chi connectivity index (χ1v) is 14.0. The molecule has 0 aliphatic heterocycles. The predicted octanol–water partition coefficient (Wildman–Crippen LogP) is 4.92. The van der Waals surface area contributed by atoms with Gasteiger partial charge in [0, 0.05) is 36.6 Å². The Hall–Kier alpha value is -3.33. The van der Waals surface area contributed by atoms with Crippen LogP contribution < -0.4 is 20.1 Å². The molecule has 0 fully saturated rings. The van der Waals surface area contributed by atoms with Crippen LogP contribution in [0.1, 0.15) is 25.0 Å². The van der Waals surface area contributed by atoms with Crippen molar-refractivity contribution in [3.05, 3.63) is 84.4 Å². The standard InChI is InChI=1S/C29H36N2O5S/c1-6-26-27(30-4)8-7-9-28(26)35-20-22(32)19-31-29(2,3)18-21-10-12-23(13-11-21)36-24-14-16-25(17-15-24)37(5,33)34/h6-17,22,30-32H,1,18-20H2,2-5H3. The molecule has 0 saturated carbocycles. The summed E-state index contributed by atoms with van der Waals surface area (Å²) in [5, 5.41) is 17.0. The van der Waals surface area contributed by atoms with E-state index in [1.165, 1.54) is 18.4 Å². The Bertz CT molecular complexity index is 1290. The lowest BCUT2D eigenvalue weighted by Crippen LogP contribution is -2.46. The second-order valence-corrected chi connectivity index (χ2v) is 11.6. The lowest BCUT2D eigenvalue weighted by Gasteiger charge is -2.28. The van der Waals surface area contributed by atoms with Crippen LogP contribution >= 0.6 is 0 Å². The van der Waals surface area contributed by atoms with Gasteiger partial charge in [0.2, 0.25) is 0 Å². The second kappa shape index (κ2) is 12.3. The van der Waals surface area contributed by atoms with Crippen molar-refractivity contribution < 1.29 is 23.0 Å². The molecule has 7 nitrogen and oxygen atoms in total. The highest BCUT2D eigenvalue weighted by Crippen LogP contribution is 2.28. The Morgan fingerprint density at radius 1 is 1.03 bits per heavy atom. The largest absolute Gasteiger partial charge is 0.490 e. The van der Waals surface area contributed by atoms with Crippen LogP contribution in [0.5, 0.6) is 17.2 Å². The molecule has 3 rings (SSSR count). The summed E-state index contributed by atoms with van der Waals surface area (Å²) in [6.45, 7) is 8.56. The van der Waals surface area contributed by atoms with E-state index in [9.17, 15) is 13.5 Å². The van der Waals surface area contributed by atoms with Crippen molar-refractivity contribution in [1.29, 1.82) is 0 Å². The number of sulfone groups is 1. The lowest BCUT2D eigenvalue weighted by molar-refractivity contribution is 0.0988. The normalized spacial score (nSPS) is 12.6. The first-order valence-electron chi connectivity index (χ1n) is 12.1. The highest BCUT2D eigenvalue weighted by Gasteiger charge is 2.20. The molecular formula is C29H36N2O5S. The van der Waals surface area contributed by atoms with Gasteiger partial charge in [-0.05, 0) is 74.4 Å². The van der Waals surface area contributed by atoms with Crippen LogP contribution in [-0.2, 0) is 16.3 Å². The van der Waals surface area contributed by atoms with E-state index in [0.717, 1.165) is 23.2 Å². The van der Waals surface area contributed by atoms with Crippen LogP contribution in [0.4, 0.5) is 5.69 Å². The smallest absolute Gasteiger partial charge is 0.175 e. The number of anilines is 1. The van der Waals surface area contributed by atoms with Gasteiger partial charge in [0.25, 0.3) is 0 Å². The van der Waals surface area contributed by atoms with E-state index < -0.39 is 15.9 Å². The summed E-state index contributed by atoms with van der Waals surface area (Å²) in [6.07, 6.45) is 2.98. The van der Waals surface area contributed by atoms with Gasteiger partial charge in [-0.3, -0.25) is 0 Å². The van der Waals surface area contributed by atoms with E-state index in [1.807, 2.05) is 49.5 Å². The number of hydrogen-bond acceptors (Lipinski definition) is 7. The summed E-state index contributed by atoms with van der Waals surface area (Å²) in [7, 11) is -1.40. The van der Waals surface area contributed by atoms with Gasteiger partial charge in [-0.2, -0.15) is 0 Å². The quantitative estimate of drug-likeness (QED) is 0.292. The van der Waals surface area contributed by atoms with Crippen LogP contribution in [0.25, 0.3) is 6.08 Å². The minimum absolute atomic E-state index is 0.161. The summed E-state index contributed by atoms with van der Waals surface area (Å²) < 4.78 is 34.9. The molecule has 3 N–H and O–H groups in total. The van der Waals surface area contributed by atoms with Gasteiger partial charge in [0.1, 0.15) is 30.0 Å². The highest BCUT2D eigenvalue weighted by molar-refractivity contribution is 7.90. The molecule has 0 saturated heterocycles. The van der Waals surface area contributed by atoms with E-state index in [0.29, 0.717) is 23.8 Å². The summed E-state index contributed by atoms with van der Waals surface area (Å²) in [5.74, 6) is 1.90. The molecule has 1 atom stereocenters. The number of ether oxygens (including phenoxy) is 2. The number of hydrogen-bond donors (Lipinski definition) is 3. The Balaban J connectivity index is 1.49. The maximum absolute atomic E-state index is 11.6. The Labute approximate surface area is 220 Å². The third-order valence-corrected chi connectivity index (χ3v) is 6.97. The highest BCUT2D eigenvalue weighted by atomic mass is 32.2. The first-order chi connectivity index (χ1) is 17.5. The average molecular weight is 525 g/mol. The second-order valence-electron chi connectivity index (χ2n) is 9.57. The van der Waals surface area contributed by atoms with Gasteiger partial charge in [-0.1, -0.05) is 30.9 Å². The van der Waals surface area contributed by atoms with Crippen molar-refractivity contribution in [3.8, 4) is 17.2 Å². The summed E-state index contributed by atoms with van der Waals surface area (Å²) in [4.78, 5) is 0.256. The molecule has 0 spiro atoms. The number of nitrogens with one attached hydrogen (secondary N) is 2. The Kier molecular flexibility index (Phi) is 9.37. The Morgan fingerprint density at radius 2 is 1.65 bits per heavy atom. The molecule has 3 aromatic rings. The zero-order valence-corrected chi connectivity index (χ0v) is 22.6. The number of aliphatic hydroxyl groups is 1. The van der Waals surface area contributed by atoms with Gasteiger partial charge >= 0.3 is 0 Å². The summed E-state index contributed by atoms with van der Waals surface area (Å²) >= 11 is 0. The molecule has 0 amide bonds. The molecule has 0 aliphatic rings. The molecule has 37 heavy (non-hydrogen) atoms. The molecule has 1 unspecified atom stereocenters. The molecule has 0 bridgehead atoms. The predicted molar refractivity (Wildman–Crippen MR) is 149 cm³/mol. The molecule has 0 aromatic heterocycles. The molecule has 0 radical (unpaired) electrons. The monoisotopic (exact) mass is 524 g/mol. The number of rotatable bonds is 13. The van der Waals surface area contributed by atoms with E-state index >= 15 is 0 Å². The van der Waals surface area contributed by atoms with Crippen LogP contribution in [-0.4, -0.2) is 51.6 Å². The Morgan fingerprint density at radius 3 is 2.22 bits per heavy atom. The fourth-order valence-corrected chi connectivity index (χ4v) is 4.51. The van der Waals surface area contributed by atoms with Gasteiger partial charge in [-0.25, -0.2) is 8.42 Å². The van der Waals surface area contributed by atoms with Crippen molar-refractivity contribution in [2.45, 2.75) is 36.8 Å². The maximum Gasteiger partial charge on any atom is 0.175 e. The molecule has 198 valence electrons. The van der Waals surface area contributed by atoms with E-state index in [-0.39, 0.29) is 17.0 Å². The third kappa shape index (κ3) is 8.35. The zero-order chi connectivity index (χ0) is 27.1. The van der Waals surface area contributed by atoms with Crippen LogP contribution in [0.15, 0.2) is 78.2 Å². The van der Waals surface area contributed by atoms with Crippen LogP contribution in [0, 0.1) is 0 Å². The lowest BCUT2D eigenvalue weighted by atomic mass is 9.94. The van der Waals surface area contributed by atoms with E-state index in [2.05, 4.69) is 31.1 Å². The SMILES string of the molecule is C=Cc1c(NC)cccc1OCC(O)CNC(C)(C)Cc1ccc(Oc2ccc(S(C)(=O)=O)cc2)cc1. The van der Waals surface area contributed by atoms with Crippen molar-refractivity contribution >= 4 is 21.6 Å². The fourth-order valence-electron chi connectivity index (χ4n) is 3.88. The fraction of sp³-hybridized carbons (Fsp3) is 0.310. The molecule has 0 aliphatic carbocycles. The zero-order valence-electron chi connectivity index (χ0n) is 21.8. The minimum atomic E-state index is -3.24. The van der Waals surface area contributed by atoms with Crippen molar-refractivity contribution in [1.82, 2.24) is 5.32 Å². The van der Waals surface area contributed by atoms with E-state index in [4.69, 9.17) is 9.47 Å². The molecule has 0 heterocycles. The van der Waals surface area contributed by atoms with Gasteiger partial charge < -0.3 is 25.2 Å². The topological polar surface area (TPSA) is 96.9 Å². The number of benzene rings is 3. The van der Waals surface area contributed by atoms with Crippen LogP contribution in [0.3, 0.4) is 0 Å². The summed E-state index contributed by atoms with van der Waals surface area (Å²) in [5.41, 5.74) is 2.64. The number of aliphatic hydroxyl groups excluding tert-OH is 1. The third-order valence-electron chi connectivity index (χ3n) is 5.84. The van der Waals surface area contributed by atoms with Crippen molar-refractivity contribution in [2.75, 3.05) is 31.8 Å². The van der Waals surface area contributed by atoms with Crippen molar-refractivity contribution in [3.63, 3.8) is 0 Å². The first kappa shape index (κ1) is 28.2. The number of β-amino-alcohol motifs (C(OH)–C–C–N with tert-alkyl or cyclic N) is 1. The van der Waals surface area contributed by atoms with Gasteiger partial charge in [-0.15, -0.1) is 0 Å². The minimum Gasteiger partial charge on any atom is -0.490 e. The maximum atomic E-state index is 11.6. The van der Waals surface area contributed by atoms with Crippen LogP contribution in [0.2, 0.25) is 0 Å².